The van der Waals surface area contributed by atoms with Crippen LogP contribution < -0.4 is 9.74 Å². The predicted molar refractivity (Wildman–Crippen MR) is 84.3 cm³/mol. The van der Waals surface area contributed by atoms with Gasteiger partial charge in [-0.25, -0.2) is 5.10 Å². The highest BCUT2D eigenvalue weighted by Crippen LogP contribution is 2.25. The minimum atomic E-state index is -4.07. The third kappa shape index (κ3) is 2.75. The number of halogens is 1. The van der Waals surface area contributed by atoms with E-state index < -0.39 is 15.7 Å². The summed E-state index contributed by atoms with van der Waals surface area (Å²) >= 11 is 2.99. The van der Waals surface area contributed by atoms with Crippen molar-refractivity contribution < 1.29 is 12.6 Å². The van der Waals surface area contributed by atoms with Gasteiger partial charge in [0.25, 0.3) is 11.4 Å². The predicted octanol–water partition coefficient (Wildman–Crippen LogP) is 2.45. The van der Waals surface area contributed by atoms with E-state index in [1.165, 1.54) is 12.1 Å². The fraction of sp³-hybridized carbons (Fsp3) is 0. The minimum Gasteiger partial charge on any atom is -0.357 e. The molecule has 2 aromatic carbocycles. The van der Waals surface area contributed by atoms with Crippen molar-refractivity contribution in [3.05, 3.63) is 63.4 Å². The van der Waals surface area contributed by atoms with E-state index in [4.69, 9.17) is 4.18 Å². The molecule has 1 heterocycles. The molecule has 0 bridgehead atoms. The number of benzene rings is 2. The maximum absolute atomic E-state index is 12.4. The van der Waals surface area contributed by atoms with E-state index >= 15 is 0 Å². The molecule has 0 radical (unpaired) electrons. The van der Waals surface area contributed by atoms with Crippen molar-refractivity contribution >= 4 is 36.8 Å². The smallest absolute Gasteiger partial charge is 0.341 e. The Labute approximate surface area is 134 Å². The van der Waals surface area contributed by atoms with Crippen molar-refractivity contribution in [1.29, 1.82) is 0 Å². The summed E-state index contributed by atoms with van der Waals surface area (Å²) in [7, 11) is -4.07. The molecule has 3 aromatic rings. The number of fused-ring (bicyclic) bond motifs is 1. The Morgan fingerprint density at radius 2 is 1.82 bits per heavy atom. The lowest BCUT2D eigenvalue weighted by molar-refractivity contribution is 0.471. The summed E-state index contributed by atoms with van der Waals surface area (Å²) in [6.07, 6.45) is 0. The zero-order valence-corrected chi connectivity index (χ0v) is 13.4. The van der Waals surface area contributed by atoms with Crippen LogP contribution in [0.3, 0.4) is 0 Å². The molecule has 8 heteroatoms. The summed E-state index contributed by atoms with van der Waals surface area (Å²) in [6.45, 7) is 0. The number of rotatable bonds is 3. The third-order valence-corrected chi connectivity index (χ3v) is 4.82. The first kappa shape index (κ1) is 14.7. The van der Waals surface area contributed by atoms with Crippen LogP contribution in [0, 0.1) is 0 Å². The van der Waals surface area contributed by atoms with Crippen LogP contribution in [0.2, 0.25) is 0 Å². The molecule has 0 amide bonds. The van der Waals surface area contributed by atoms with Crippen molar-refractivity contribution in [2.45, 2.75) is 4.90 Å². The standard InChI is InChI=1S/C14H9BrN2O4S/c15-11-8-13(16-17-14(11)18)21-22(19,20)12-7-3-5-9-4-1-2-6-10(9)12/h1-8H,(H,17,18). The molecule has 112 valence electrons. The summed E-state index contributed by atoms with van der Waals surface area (Å²) in [5, 5.41) is 7.03. The zero-order chi connectivity index (χ0) is 15.7. The molecule has 0 aliphatic rings. The average molecular weight is 381 g/mol. The van der Waals surface area contributed by atoms with Crippen molar-refractivity contribution in [2.75, 3.05) is 0 Å². The number of aromatic amines is 1. The molecule has 0 aliphatic carbocycles. The molecule has 0 fully saturated rings. The summed E-state index contributed by atoms with van der Waals surface area (Å²) in [5.41, 5.74) is -0.477. The van der Waals surface area contributed by atoms with Crippen LogP contribution in [-0.2, 0) is 10.1 Å². The van der Waals surface area contributed by atoms with Gasteiger partial charge in [-0.3, -0.25) is 4.79 Å². The third-order valence-electron chi connectivity index (χ3n) is 2.95. The number of aromatic nitrogens is 2. The van der Waals surface area contributed by atoms with Gasteiger partial charge >= 0.3 is 10.1 Å². The van der Waals surface area contributed by atoms with Crippen LogP contribution in [-0.4, -0.2) is 18.6 Å². The summed E-state index contributed by atoms with van der Waals surface area (Å²) in [5.74, 6) is -0.223. The normalized spacial score (nSPS) is 11.5. The number of H-pyrrole nitrogens is 1. The molecule has 0 unspecified atom stereocenters. The van der Waals surface area contributed by atoms with Crippen molar-refractivity contribution in [1.82, 2.24) is 10.2 Å². The van der Waals surface area contributed by atoms with Crippen LogP contribution in [0.4, 0.5) is 0 Å². The lowest BCUT2D eigenvalue weighted by Crippen LogP contribution is -2.14. The number of hydrogen-bond donors (Lipinski definition) is 1. The lowest BCUT2D eigenvalue weighted by Gasteiger charge is -2.08. The monoisotopic (exact) mass is 380 g/mol. The Bertz CT molecular complexity index is 1010. The average Bonchev–Trinajstić information content (AvgIpc) is 2.50. The second kappa shape index (κ2) is 5.54. The van der Waals surface area contributed by atoms with E-state index in [9.17, 15) is 13.2 Å². The molecular weight excluding hydrogens is 372 g/mol. The SMILES string of the molecule is O=c1[nH]nc(OS(=O)(=O)c2cccc3ccccc23)cc1Br. The van der Waals surface area contributed by atoms with E-state index in [2.05, 4.69) is 26.1 Å². The van der Waals surface area contributed by atoms with E-state index in [0.29, 0.717) is 5.39 Å². The Hall–Kier alpha value is -2.19. The molecular formula is C14H9BrN2O4S. The largest absolute Gasteiger partial charge is 0.357 e. The first-order valence-electron chi connectivity index (χ1n) is 6.15. The molecule has 0 spiro atoms. The van der Waals surface area contributed by atoms with Crippen molar-refractivity contribution in [3.8, 4) is 5.88 Å². The van der Waals surface area contributed by atoms with Gasteiger partial charge in [0, 0.05) is 11.5 Å². The molecule has 1 aromatic heterocycles. The fourth-order valence-electron chi connectivity index (χ4n) is 1.98. The molecule has 0 atom stereocenters. The molecule has 1 N–H and O–H groups in total. The maximum Gasteiger partial charge on any atom is 0.341 e. The first-order valence-corrected chi connectivity index (χ1v) is 8.35. The van der Waals surface area contributed by atoms with Crippen LogP contribution in [0.5, 0.6) is 5.88 Å². The van der Waals surface area contributed by atoms with Crippen LogP contribution >= 0.6 is 15.9 Å². The number of nitrogens with zero attached hydrogens (tertiary/aromatic N) is 1. The number of hydrogen-bond acceptors (Lipinski definition) is 5. The fourth-order valence-corrected chi connectivity index (χ4v) is 3.36. The van der Waals surface area contributed by atoms with E-state index in [1.54, 1.807) is 18.2 Å². The van der Waals surface area contributed by atoms with Crippen LogP contribution in [0.1, 0.15) is 0 Å². The second-order valence-corrected chi connectivity index (χ2v) is 6.77. The highest BCUT2D eigenvalue weighted by Gasteiger charge is 2.20. The highest BCUT2D eigenvalue weighted by atomic mass is 79.9. The first-order chi connectivity index (χ1) is 10.5. The Morgan fingerprint density at radius 1 is 1.09 bits per heavy atom. The van der Waals surface area contributed by atoms with Gasteiger partial charge in [-0.05, 0) is 27.4 Å². The van der Waals surface area contributed by atoms with Crippen LogP contribution in [0.25, 0.3) is 10.8 Å². The highest BCUT2D eigenvalue weighted by molar-refractivity contribution is 9.10. The van der Waals surface area contributed by atoms with Crippen molar-refractivity contribution in [3.63, 3.8) is 0 Å². The van der Waals surface area contributed by atoms with Gasteiger partial charge in [0.15, 0.2) is 0 Å². The van der Waals surface area contributed by atoms with E-state index in [-0.39, 0.29) is 15.2 Å². The summed E-state index contributed by atoms with van der Waals surface area (Å²) in [4.78, 5) is 11.2. The topological polar surface area (TPSA) is 89.1 Å². The Kier molecular flexibility index (Phi) is 3.71. The van der Waals surface area contributed by atoms with E-state index in [0.717, 1.165) is 5.39 Å². The quantitative estimate of drug-likeness (QED) is 0.704. The molecule has 0 saturated heterocycles. The molecule has 0 saturated carbocycles. The van der Waals surface area contributed by atoms with Gasteiger partial charge in [-0.2, -0.15) is 8.42 Å². The number of nitrogens with one attached hydrogen (secondary N) is 1. The minimum absolute atomic E-state index is 0.0368. The van der Waals surface area contributed by atoms with Gasteiger partial charge < -0.3 is 4.18 Å². The summed E-state index contributed by atoms with van der Waals surface area (Å²) < 4.78 is 30.0. The van der Waals surface area contributed by atoms with Gasteiger partial charge in [0.05, 0.1) is 4.47 Å². The van der Waals surface area contributed by atoms with Crippen molar-refractivity contribution in [2.24, 2.45) is 0 Å². The molecule has 22 heavy (non-hydrogen) atoms. The summed E-state index contributed by atoms with van der Waals surface area (Å²) in [6, 6.07) is 13.2. The molecule has 6 nitrogen and oxygen atoms in total. The molecule has 0 aliphatic heterocycles. The molecule has 3 rings (SSSR count). The maximum atomic E-state index is 12.4. The van der Waals surface area contributed by atoms with Gasteiger partial charge in [0.2, 0.25) is 0 Å². The van der Waals surface area contributed by atoms with Gasteiger partial charge in [-0.1, -0.05) is 36.4 Å². The lowest BCUT2D eigenvalue weighted by atomic mass is 10.1. The van der Waals surface area contributed by atoms with E-state index in [1.807, 2.05) is 18.2 Å². The zero-order valence-electron chi connectivity index (χ0n) is 11.0. The Morgan fingerprint density at radius 3 is 2.59 bits per heavy atom. The van der Waals surface area contributed by atoms with Gasteiger partial charge in [-0.15, -0.1) is 5.10 Å². The van der Waals surface area contributed by atoms with Crippen LogP contribution in [0.15, 0.2) is 62.7 Å². The Balaban J connectivity index is 2.08. The second-order valence-electron chi connectivity index (χ2n) is 4.40. The van der Waals surface area contributed by atoms with Gasteiger partial charge in [0.1, 0.15) is 4.90 Å².